The van der Waals surface area contributed by atoms with Crippen molar-refractivity contribution in [2.24, 2.45) is 0 Å². The average molecular weight is 342 g/mol. The van der Waals surface area contributed by atoms with Gasteiger partial charge in [0.05, 0.1) is 6.61 Å². The number of carbonyl (C=O) groups excluding carboxylic acids is 2. The molecule has 2 aliphatic heterocycles. The minimum absolute atomic E-state index is 0.00669. The third-order valence-electron chi connectivity index (χ3n) is 3.49. The summed E-state index contributed by atoms with van der Waals surface area (Å²) >= 11 is 0. The fourth-order valence-electron chi connectivity index (χ4n) is 2.41. The summed E-state index contributed by atoms with van der Waals surface area (Å²) < 4.78 is 16.5. The Balaban J connectivity index is 1.78. The second-order valence-electron chi connectivity index (χ2n) is 4.91. The molecule has 0 bridgehead atoms. The highest BCUT2D eigenvalue weighted by Gasteiger charge is 2.55. The standard InChI is InChI=1S/C12H14N4O8/c1-13-11(19)24-15-6-2-3-16(10(18)14-6)9-8-7(5(4-17)21-9)22-12(20)23-8/h2-3,5,7-9,17H,4H2,1H3,(H,13,19)(H,14,15,18)/t5-,7-,8-,9-/m1/s1. The van der Waals surface area contributed by atoms with Gasteiger partial charge in [-0.2, -0.15) is 10.5 Å². The lowest BCUT2D eigenvalue weighted by Crippen LogP contribution is -2.34. The van der Waals surface area contributed by atoms with Gasteiger partial charge >= 0.3 is 17.9 Å². The van der Waals surface area contributed by atoms with Crippen molar-refractivity contribution in [3.63, 3.8) is 0 Å². The van der Waals surface area contributed by atoms with Crippen LogP contribution in [0.1, 0.15) is 6.23 Å². The van der Waals surface area contributed by atoms with E-state index in [-0.39, 0.29) is 5.82 Å². The summed E-state index contributed by atoms with van der Waals surface area (Å²) in [6, 6.07) is 1.35. The highest BCUT2D eigenvalue weighted by atomic mass is 16.8. The van der Waals surface area contributed by atoms with Crippen molar-refractivity contribution in [3.05, 3.63) is 22.7 Å². The molecular weight excluding hydrogens is 328 g/mol. The molecule has 3 rings (SSSR count). The van der Waals surface area contributed by atoms with Crippen molar-refractivity contribution >= 4 is 18.1 Å². The first-order valence-electron chi connectivity index (χ1n) is 6.91. The molecule has 12 heteroatoms. The fourth-order valence-corrected chi connectivity index (χ4v) is 2.41. The average Bonchev–Trinajstić information content (AvgIpc) is 3.10. The first kappa shape index (κ1) is 16.0. The lowest BCUT2D eigenvalue weighted by Gasteiger charge is -2.17. The quantitative estimate of drug-likeness (QED) is 0.446. The lowest BCUT2D eigenvalue weighted by molar-refractivity contribution is -0.0735. The fraction of sp³-hybridized carbons (Fsp3) is 0.500. The van der Waals surface area contributed by atoms with Crippen LogP contribution in [-0.2, 0) is 19.0 Å². The minimum atomic E-state index is -0.993. The highest BCUT2D eigenvalue weighted by molar-refractivity contribution is 5.67. The van der Waals surface area contributed by atoms with Crippen LogP contribution in [0.15, 0.2) is 17.1 Å². The molecule has 4 atom stereocenters. The number of hydrogen-bond donors (Lipinski definition) is 3. The van der Waals surface area contributed by atoms with Crippen LogP contribution in [0.5, 0.6) is 0 Å². The largest absolute Gasteiger partial charge is 0.509 e. The molecule has 0 unspecified atom stereocenters. The Bertz CT molecular complexity index is 707. The normalized spacial score (nSPS) is 27.8. The Hall–Kier alpha value is -2.86. The van der Waals surface area contributed by atoms with Crippen molar-refractivity contribution in [1.29, 1.82) is 0 Å². The van der Waals surface area contributed by atoms with Gasteiger partial charge in [-0.1, -0.05) is 0 Å². The number of ether oxygens (including phenoxy) is 3. The Kier molecular flexibility index (Phi) is 4.22. The van der Waals surface area contributed by atoms with Crippen LogP contribution in [0.25, 0.3) is 0 Å². The molecular formula is C12H14N4O8. The van der Waals surface area contributed by atoms with Crippen molar-refractivity contribution in [3.8, 4) is 0 Å². The molecule has 3 heterocycles. The van der Waals surface area contributed by atoms with Crippen LogP contribution < -0.4 is 16.5 Å². The first-order chi connectivity index (χ1) is 11.5. The summed E-state index contributed by atoms with van der Waals surface area (Å²) in [5.74, 6) is -0.00669. The summed E-state index contributed by atoms with van der Waals surface area (Å²) in [6.45, 7) is -0.407. The number of amides is 1. The van der Waals surface area contributed by atoms with E-state index in [1.54, 1.807) is 0 Å². The third-order valence-corrected chi connectivity index (χ3v) is 3.49. The zero-order valence-corrected chi connectivity index (χ0v) is 12.4. The molecule has 2 fully saturated rings. The SMILES string of the molecule is CNC(=O)ONc1ccn([C@@H]2O[C@H](CO)[C@H]3OC(=O)O[C@H]32)c(=O)n1. The van der Waals surface area contributed by atoms with Gasteiger partial charge in [0.25, 0.3) is 0 Å². The molecule has 12 nitrogen and oxygen atoms in total. The molecule has 0 saturated carbocycles. The van der Waals surface area contributed by atoms with Gasteiger partial charge in [0.15, 0.2) is 24.3 Å². The van der Waals surface area contributed by atoms with Crippen LogP contribution in [0, 0.1) is 0 Å². The van der Waals surface area contributed by atoms with Crippen molar-refractivity contribution in [1.82, 2.24) is 14.9 Å². The topological polar surface area (TPSA) is 150 Å². The van der Waals surface area contributed by atoms with Crippen LogP contribution in [-0.4, -0.2) is 58.9 Å². The number of nitrogens with zero attached hydrogens (tertiary/aromatic N) is 2. The van der Waals surface area contributed by atoms with E-state index in [9.17, 15) is 19.5 Å². The molecule has 1 amide bonds. The molecule has 1 aromatic rings. The van der Waals surface area contributed by atoms with Crippen molar-refractivity contribution in [2.75, 3.05) is 19.1 Å². The molecule has 1 aromatic heterocycles. The van der Waals surface area contributed by atoms with E-state index in [0.29, 0.717) is 0 Å². The minimum Gasteiger partial charge on any atom is -0.424 e. The van der Waals surface area contributed by atoms with Crippen LogP contribution >= 0.6 is 0 Å². The van der Waals surface area contributed by atoms with Gasteiger partial charge in [0.1, 0.15) is 6.10 Å². The Labute approximate surface area is 134 Å². The molecule has 0 radical (unpaired) electrons. The van der Waals surface area contributed by atoms with Crippen LogP contribution in [0.4, 0.5) is 15.4 Å². The molecule has 3 N–H and O–H groups in total. The van der Waals surface area contributed by atoms with Crippen LogP contribution in [0.3, 0.4) is 0 Å². The number of aliphatic hydroxyl groups excluding tert-OH is 1. The molecule has 0 aromatic carbocycles. The molecule has 0 spiro atoms. The van der Waals surface area contributed by atoms with Gasteiger partial charge in [-0.25, -0.2) is 14.4 Å². The molecule has 24 heavy (non-hydrogen) atoms. The van der Waals surface area contributed by atoms with E-state index in [2.05, 4.69) is 20.6 Å². The second kappa shape index (κ2) is 6.33. The number of carbonyl (C=O) groups is 2. The summed E-state index contributed by atoms with van der Waals surface area (Å²) in [6.07, 6.45) is -3.83. The van der Waals surface area contributed by atoms with Gasteiger partial charge in [-0.15, -0.1) is 0 Å². The highest BCUT2D eigenvalue weighted by Crippen LogP contribution is 2.36. The van der Waals surface area contributed by atoms with Crippen LogP contribution in [0.2, 0.25) is 0 Å². The maximum Gasteiger partial charge on any atom is 0.509 e. The van der Waals surface area contributed by atoms with Crippen molar-refractivity contribution < 1.29 is 33.7 Å². The predicted octanol–water partition coefficient (Wildman–Crippen LogP) is -1.28. The number of nitrogens with one attached hydrogen (secondary N) is 2. The molecule has 2 saturated heterocycles. The zero-order valence-electron chi connectivity index (χ0n) is 12.4. The third kappa shape index (κ3) is 2.83. The lowest BCUT2D eigenvalue weighted by atomic mass is 10.1. The van der Waals surface area contributed by atoms with E-state index in [1.165, 1.54) is 19.3 Å². The predicted molar refractivity (Wildman–Crippen MR) is 73.8 cm³/mol. The zero-order chi connectivity index (χ0) is 17.3. The van der Waals surface area contributed by atoms with Gasteiger partial charge < -0.3 is 29.5 Å². The Morgan fingerprint density at radius 3 is 2.83 bits per heavy atom. The molecule has 2 aliphatic rings. The van der Waals surface area contributed by atoms with E-state index < -0.39 is 49.1 Å². The smallest absolute Gasteiger partial charge is 0.424 e. The monoisotopic (exact) mass is 342 g/mol. The van der Waals surface area contributed by atoms with Gasteiger partial charge in [0, 0.05) is 19.3 Å². The maximum atomic E-state index is 12.1. The van der Waals surface area contributed by atoms with E-state index in [1.807, 2.05) is 0 Å². The number of fused-ring (bicyclic) bond motifs is 1. The van der Waals surface area contributed by atoms with Crippen molar-refractivity contribution in [2.45, 2.75) is 24.5 Å². The molecule has 0 aliphatic carbocycles. The summed E-state index contributed by atoms with van der Waals surface area (Å²) in [4.78, 5) is 42.6. The summed E-state index contributed by atoms with van der Waals surface area (Å²) in [7, 11) is 1.37. The number of anilines is 1. The number of hydrogen-bond acceptors (Lipinski definition) is 10. The van der Waals surface area contributed by atoms with E-state index >= 15 is 0 Å². The van der Waals surface area contributed by atoms with Gasteiger partial charge in [-0.05, 0) is 0 Å². The first-order valence-corrected chi connectivity index (χ1v) is 6.91. The summed E-state index contributed by atoms with van der Waals surface area (Å²) in [5.41, 5.74) is 1.46. The van der Waals surface area contributed by atoms with Gasteiger partial charge in [-0.3, -0.25) is 4.57 Å². The second-order valence-corrected chi connectivity index (χ2v) is 4.91. The number of aromatic nitrogens is 2. The number of rotatable bonds is 4. The van der Waals surface area contributed by atoms with E-state index in [0.717, 1.165) is 4.57 Å². The maximum absolute atomic E-state index is 12.1. The van der Waals surface area contributed by atoms with Gasteiger partial charge in [0.2, 0.25) is 0 Å². The summed E-state index contributed by atoms with van der Waals surface area (Å²) in [5, 5.41) is 11.5. The Morgan fingerprint density at radius 2 is 2.17 bits per heavy atom. The molecule has 130 valence electrons. The van der Waals surface area contributed by atoms with E-state index in [4.69, 9.17) is 14.2 Å². The number of aliphatic hydroxyl groups is 1. The Morgan fingerprint density at radius 1 is 1.42 bits per heavy atom.